The maximum Gasteiger partial charge on any atom is 0.430 e. The van der Waals surface area contributed by atoms with Gasteiger partial charge in [-0.2, -0.15) is 26.3 Å². The summed E-state index contributed by atoms with van der Waals surface area (Å²) in [4.78, 5) is 0. The molecule has 0 spiro atoms. The largest absolute Gasteiger partial charge is 0.493 e. The average Bonchev–Trinajstić information content (AvgIpc) is 2.65. The molecule has 4 rings (SSSR count). The first kappa shape index (κ1) is 21.8. The number of fused-ring (bicyclic) bond motifs is 4. The highest BCUT2D eigenvalue weighted by Crippen LogP contribution is 2.55. The zero-order valence-electron chi connectivity index (χ0n) is 16.9. The second kappa shape index (κ2) is 6.54. The van der Waals surface area contributed by atoms with Gasteiger partial charge in [0.1, 0.15) is 5.75 Å². The normalized spacial score (nSPS) is 22.5. The number of aryl methyl sites for hydroxylation is 1. The summed E-state index contributed by atoms with van der Waals surface area (Å²) in [7, 11) is 0. The van der Waals surface area contributed by atoms with Gasteiger partial charge in [0.15, 0.2) is 0 Å². The molecule has 2 unspecified atom stereocenters. The minimum absolute atomic E-state index is 0.221. The molecule has 0 radical (unpaired) electrons. The van der Waals surface area contributed by atoms with Crippen molar-refractivity contribution < 1.29 is 36.2 Å². The van der Waals surface area contributed by atoms with Crippen LogP contribution < -0.4 is 10.1 Å². The second-order valence-electron chi connectivity index (χ2n) is 8.72. The fourth-order valence-corrected chi connectivity index (χ4v) is 4.69. The first-order chi connectivity index (χ1) is 14.2. The molecule has 3 nitrogen and oxygen atoms in total. The summed E-state index contributed by atoms with van der Waals surface area (Å²) < 4.78 is 86.2. The van der Waals surface area contributed by atoms with Gasteiger partial charge in [0.2, 0.25) is 0 Å². The minimum Gasteiger partial charge on any atom is -0.493 e. The number of nitrogens with one attached hydrogen (secondary N) is 1. The molecule has 0 aromatic heterocycles. The lowest BCUT2D eigenvalue weighted by atomic mass is 9.64. The maximum atomic E-state index is 13.4. The highest BCUT2D eigenvalue weighted by molar-refractivity contribution is 5.63. The number of para-hydroxylation sites is 1. The number of rotatable bonds is 1. The molecule has 2 atom stereocenters. The van der Waals surface area contributed by atoms with Crippen LogP contribution in [0.15, 0.2) is 36.4 Å². The van der Waals surface area contributed by atoms with E-state index in [4.69, 9.17) is 4.74 Å². The van der Waals surface area contributed by atoms with E-state index in [-0.39, 0.29) is 24.1 Å². The zero-order valence-corrected chi connectivity index (χ0v) is 16.9. The topological polar surface area (TPSA) is 41.5 Å². The summed E-state index contributed by atoms with van der Waals surface area (Å²) in [5, 5.41) is 13.1. The third kappa shape index (κ3) is 3.00. The van der Waals surface area contributed by atoms with E-state index in [0.29, 0.717) is 11.8 Å². The number of ether oxygens (including phenoxy) is 1. The van der Waals surface area contributed by atoms with Gasteiger partial charge in [0.05, 0.1) is 12.6 Å². The lowest BCUT2D eigenvalue weighted by Gasteiger charge is -2.49. The first-order valence-electron chi connectivity index (χ1n) is 9.69. The van der Waals surface area contributed by atoms with E-state index in [1.807, 2.05) is 25.1 Å². The summed E-state index contributed by atoms with van der Waals surface area (Å²) >= 11 is 0. The van der Waals surface area contributed by atoms with Crippen molar-refractivity contribution in [3.8, 4) is 5.75 Å². The molecule has 0 saturated heterocycles. The SMILES string of the molecule is Cc1cccc2c1OCC1C2Nc2ccc(C(O)(C(F)(F)F)C(F)(F)F)cc2C1(C)C. The molecule has 2 aliphatic heterocycles. The number of hydrogen-bond acceptors (Lipinski definition) is 3. The van der Waals surface area contributed by atoms with Crippen LogP contribution in [0.5, 0.6) is 5.75 Å². The summed E-state index contributed by atoms with van der Waals surface area (Å²) in [5.41, 5.74) is -4.53. The van der Waals surface area contributed by atoms with E-state index >= 15 is 0 Å². The van der Waals surface area contributed by atoms with Crippen molar-refractivity contribution in [2.75, 3.05) is 11.9 Å². The summed E-state index contributed by atoms with van der Waals surface area (Å²) in [6.07, 6.45) is -11.9. The van der Waals surface area contributed by atoms with E-state index in [1.165, 1.54) is 6.07 Å². The quantitative estimate of drug-likeness (QED) is 0.549. The maximum absolute atomic E-state index is 13.4. The number of anilines is 1. The van der Waals surface area contributed by atoms with Crippen LogP contribution in [-0.2, 0) is 11.0 Å². The summed E-state index contributed by atoms with van der Waals surface area (Å²) in [6.45, 7) is 5.68. The summed E-state index contributed by atoms with van der Waals surface area (Å²) in [5.74, 6) is 0.477. The Bertz CT molecular complexity index is 1010. The highest BCUT2D eigenvalue weighted by Gasteiger charge is 2.71. The Labute approximate surface area is 175 Å². The van der Waals surface area contributed by atoms with E-state index < -0.39 is 28.9 Å². The van der Waals surface area contributed by atoms with Crippen molar-refractivity contribution in [3.05, 3.63) is 58.7 Å². The fraction of sp³-hybridized carbons (Fsp3) is 0.455. The highest BCUT2D eigenvalue weighted by atomic mass is 19.4. The minimum atomic E-state index is -5.93. The molecule has 0 bridgehead atoms. The van der Waals surface area contributed by atoms with Crippen LogP contribution in [0.2, 0.25) is 0 Å². The number of halogens is 6. The lowest BCUT2D eigenvalue weighted by molar-refractivity contribution is -0.376. The van der Waals surface area contributed by atoms with Crippen LogP contribution in [-0.4, -0.2) is 24.1 Å². The van der Waals surface area contributed by atoms with Gasteiger partial charge in [0.25, 0.3) is 5.60 Å². The summed E-state index contributed by atoms with van der Waals surface area (Å²) in [6, 6.07) is 8.12. The van der Waals surface area contributed by atoms with Crippen LogP contribution in [0.3, 0.4) is 0 Å². The molecule has 0 saturated carbocycles. The van der Waals surface area contributed by atoms with Crippen LogP contribution in [0.25, 0.3) is 0 Å². The monoisotopic (exact) mass is 445 g/mol. The molecule has 0 aliphatic carbocycles. The fourth-order valence-electron chi connectivity index (χ4n) is 4.69. The van der Waals surface area contributed by atoms with E-state index in [1.54, 1.807) is 13.8 Å². The molecule has 2 aromatic rings. The lowest BCUT2D eigenvalue weighted by Crippen LogP contribution is -2.54. The molecule has 2 aromatic carbocycles. The Morgan fingerprint density at radius 2 is 1.68 bits per heavy atom. The third-order valence-corrected chi connectivity index (χ3v) is 6.58. The molecule has 168 valence electrons. The van der Waals surface area contributed by atoms with Gasteiger partial charge in [-0.25, -0.2) is 0 Å². The van der Waals surface area contributed by atoms with Crippen molar-refractivity contribution in [1.29, 1.82) is 0 Å². The molecule has 2 aliphatic rings. The van der Waals surface area contributed by atoms with E-state index in [9.17, 15) is 31.4 Å². The van der Waals surface area contributed by atoms with Gasteiger partial charge in [-0.1, -0.05) is 38.1 Å². The molecule has 0 fully saturated rings. The molecular formula is C22H21F6NO2. The van der Waals surface area contributed by atoms with Gasteiger partial charge in [-0.15, -0.1) is 0 Å². The number of hydrogen-bond donors (Lipinski definition) is 2. The Hall–Kier alpha value is -2.42. The van der Waals surface area contributed by atoms with E-state index in [0.717, 1.165) is 22.9 Å². The molecule has 0 amide bonds. The third-order valence-electron chi connectivity index (χ3n) is 6.58. The van der Waals surface area contributed by atoms with Gasteiger partial charge in [-0.05, 0) is 30.2 Å². The predicted octanol–water partition coefficient (Wildman–Crippen LogP) is 5.76. The van der Waals surface area contributed by atoms with Crippen molar-refractivity contribution in [2.24, 2.45) is 5.92 Å². The van der Waals surface area contributed by atoms with Crippen LogP contribution in [0, 0.1) is 12.8 Å². The molecule has 9 heteroatoms. The smallest absolute Gasteiger partial charge is 0.430 e. The van der Waals surface area contributed by atoms with Crippen LogP contribution >= 0.6 is 0 Å². The van der Waals surface area contributed by atoms with Gasteiger partial charge in [0, 0.05) is 28.1 Å². The van der Waals surface area contributed by atoms with Crippen molar-refractivity contribution >= 4 is 5.69 Å². The zero-order chi connectivity index (χ0) is 23.0. The molecule has 2 N–H and O–H groups in total. The Balaban J connectivity index is 1.86. The van der Waals surface area contributed by atoms with Crippen molar-refractivity contribution in [1.82, 2.24) is 0 Å². The standard InChI is InChI=1S/C22H21F6NO2/c1-11-5-4-6-13-17-15(10-31-18(11)13)19(2,3)14-9-12(7-8-16(14)29-17)20(30,21(23,24)25)22(26,27)28/h4-9,15,17,29-30H,10H2,1-3H3. The first-order valence-corrected chi connectivity index (χ1v) is 9.69. The Morgan fingerprint density at radius 3 is 2.29 bits per heavy atom. The van der Waals surface area contributed by atoms with Crippen molar-refractivity contribution in [3.63, 3.8) is 0 Å². The molecular weight excluding hydrogens is 424 g/mol. The second-order valence-corrected chi connectivity index (χ2v) is 8.72. The predicted molar refractivity (Wildman–Crippen MR) is 102 cm³/mol. The van der Waals surface area contributed by atoms with E-state index in [2.05, 4.69) is 5.32 Å². The molecule has 2 heterocycles. The number of aliphatic hydroxyl groups is 1. The molecule has 31 heavy (non-hydrogen) atoms. The van der Waals surface area contributed by atoms with Gasteiger partial charge >= 0.3 is 12.4 Å². The Kier molecular flexibility index (Phi) is 4.60. The van der Waals surface area contributed by atoms with Crippen molar-refractivity contribution in [2.45, 2.75) is 50.2 Å². The number of alkyl halides is 6. The number of benzene rings is 2. The van der Waals surface area contributed by atoms with Gasteiger partial charge < -0.3 is 15.2 Å². The Morgan fingerprint density at radius 1 is 1.03 bits per heavy atom. The van der Waals surface area contributed by atoms with Crippen LogP contribution in [0.4, 0.5) is 32.0 Å². The van der Waals surface area contributed by atoms with Crippen LogP contribution in [0.1, 0.15) is 42.1 Å². The average molecular weight is 445 g/mol. The van der Waals surface area contributed by atoms with Gasteiger partial charge in [-0.3, -0.25) is 0 Å².